The van der Waals surface area contributed by atoms with Gasteiger partial charge >= 0.3 is 6.18 Å². The first-order valence-electron chi connectivity index (χ1n) is 6.54. The minimum Gasteiger partial charge on any atom is -0.324 e. The Hall–Kier alpha value is -1.56. The Bertz CT molecular complexity index is 446. The number of alkyl halides is 3. The highest BCUT2D eigenvalue weighted by Gasteiger charge is 2.27. The van der Waals surface area contributed by atoms with Crippen molar-refractivity contribution in [3.63, 3.8) is 0 Å². The van der Waals surface area contributed by atoms with Crippen molar-refractivity contribution in [3.8, 4) is 0 Å². The average molecular weight is 288 g/mol. The Morgan fingerprint density at radius 1 is 1.35 bits per heavy atom. The highest BCUT2D eigenvalue weighted by molar-refractivity contribution is 5.95. The van der Waals surface area contributed by atoms with Crippen LogP contribution in [0.5, 0.6) is 0 Å². The molecule has 0 saturated heterocycles. The topological polar surface area (TPSA) is 55.1 Å². The van der Waals surface area contributed by atoms with Gasteiger partial charge < -0.3 is 11.1 Å². The maximum atomic E-state index is 12.3. The second kappa shape index (κ2) is 7.28. The molecule has 0 fully saturated rings. The van der Waals surface area contributed by atoms with E-state index in [4.69, 9.17) is 5.73 Å². The van der Waals surface area contributed by atoms with Gasteiger partial charge in [-0.3, -0.25) is 4.79 Å². The normalized spacial score (nSPS) is 13.1. The largest absolute Gasteiger partial charge is 0.389 e. The summed E-state index contributed by atoms with van der Waals surface area (Å²) in [6.45, 7) is 1.91. The maximum absolute atomic E-state index is 12.3. The lowest BCUT2D eigenvalue weighted by molar-refractivity contribution is -0.133. The van der Waals surface area contributed by atoms with Crippen LogP contribution >= 0.6 is 0 Å². The zero-order valence-electron chi connectivity index (χ0n) is 11.3. The van der Waals surface area contributed by atoms with E-state index in [1.54, 1.807) is 24.3 Å². The number of halogens is 3. The van der Waals surface area contributed by atoms with Crippen LogP contribution in [-0.2, 0) is 11.2 Å². The van der Waals surface area contributed by atoms with Crippen molar-refractivity contribution in [2.24, 2.45) is 5.73 Å². The van der Waals surface area contributed by atoms with Crippen LogP contribution in [0.15, 0.2) is 24.3 Å². The zero-order valence-corrected chi connectivity index (χ0v) is 11.3. The Labute approximate surface area is 116 Å². The molecule has 0 saturated carbocycles. The van der Waals surface area contributed by atoms with E-state index in [0.29, 0.717) is 17.7 Å². The lowest BCUT2D eigenvalue weighted by Gasteiger charge is -2.15. The minimum absolute atomic E-state index is 0.164. The lowest BCUT2D eigenvalue weighted by Crippen LogP contribution is -2.35. The number of amides is 1. The summed E-state index contributed by atoms with van der Waals surface area (Å²) in [5.41, 5.74) is 6.53. The maximum Gasteiger partial charge on any atom is 0.389 e. The molecule has 1 amide bonds. The molecule has 112 valence electrons. The molecule has 0 radical (unpaired) electrons. The van der Waals surface area contributed by atoms with E-state index in [1.165, 1.54) is 0 Å². The highest BCUT2D eigenvalue weighted by atomic mass is 19.4. The second-order valence-corrected chi connectivity index (χ2v) is 4.66. The summed E-state index contributed by atoms with van der Waals surface area (Å²) in [5.74, 6) is -0.369. The molecule has 0 bridgehead atoms. The van der Waals surface area contributed by atoms with E-state index >= 15 is 0 Å². The van der Waals surface area contributed by atoms with Crippen LogP contribution in [0.1, 0.15) is 31.7 Å². The van der Waals surface area contributed by atoms with Crippen molar-refractivity contribution in [2.75, 3.05) is 5.32 Å². The fourth-order valence-electron chi connectivity index (χ4n) is 1.80. The fraction of sp³-hybridized carbons (Fsp3) is 0.500. The Balaban J connectivity index is 2.72. The van der Waals surface area contributed by atoms with E-state index < -0.39 is 18.6 Å². The van der Waals surface area contributed by atoms with Gasteiger partial charge in [-0.15, -0.1) is 0 Å². The molecule has 0 heterocycles. The van der Waals surface area contributed by atoms with Crippen molar-refractivity contribution in [3.05, 3.63) is 29.8 Å². The molecule has 3 N–H and O–H groups in total. The molecule has 1 aromatic carbocycles. The van der Waals surface area contributed by atoms with E-state index in [1.807, 2.05) is 6.92 Å². The summed E-state index contributed by atoms with van der Waals surface area (Å²) in [5, 5.41) is 2.60. The van der Waals surface area contributed by atoms with Gasteiger partial charge in [-0.2, -0.15) is 13.2 Å². The smallest absolute Gasteiger partial charge is 0.324 e. The van der Waals surface area contributed by atoms with Gasteiger partial charge in [0.25, 0.3) is 0 Å². The zero-order chi connectivity index (χ0) is 15.2. The van der Waals surface area contributed by atoms with Crippen molar-refractivity contribution in [1.82, 2.24) is 0 Å². The molecule has 0 aliphatic carbocycles. The van der Waals surface area contributed by atoms with E-state index in [-0.39, 0.29) is 12.3 Å². The molecule has 0 aliphatic rings. The third kappa shape index (κ3) is 5.61. The number of benzene rings is 1. The molecule has 0 aromatic heterocycles. The first kappa shape index (κ1) is 16.5. The number of hydrogen-bond donors (Lipinski definition) is 2. The van der Waals surface area contributed by atoms with Gasteiger partial charge in [0.1, 0.15) is 0 Å². The molecule has 1 unspecified atom stereocenters. The molecule has 6 heteroatoms. The number of aryl methyl sites for hydroxylation is 1. The molecule has 0 aliphatic heterocycles. The Morgan fingerprint density at radius 2 is 2.00 bits per heavy atom. The molecule has 3 nitrogen and oxygen atoms in total. The monoisotopic (exact) mass is 288 g/mol. The summed E-state index contributed by atoms with van der Waals surface area (Å²) < 4.78 is 36.8. The molecular formula is C14H19F3N2O. The van der Waals surface area contributed by atoms with Gasteiger partial charge in [0.2, 0.25) is 5.91 Å². The first-order valence-corrected chi connectivity index (χ1v) is 6.54. The molecule has 0 spiro atoms. The number of carbonyl (C=O) groups is 1. The van der Waals surface area contributed by atoms with E-state index in [9.17, 15) is 18.0 Å². The minimum atomic E-state index is -4.21. The van der Waals surface area contributed by atoms with Crippen LogP contribution in [0.4, 0.5) is 18.9 Å². The molecular weight excluding hydrogens is 269 g/mol. The summed E-state index contributed by atoms with van der Waals surface area (Å²) in [6.07, 6.45) is -3.99. The SMILES string of the molecule is CCCC(N)C(=O)Nc1ccccc1CCC(F)(F)F. The summed E-state index contributed by atoms with van der Waals surface area (Å²) >= 11 is 0. The van der Waals surface area contributed by atoms with Crippen molar-refractivity contribution in [1.29, 1.82) is 0 Å². The van der Waals surface area contributed by atoms with Crippen LogP contribution in [0, 0.1) is 0 Å². The van der Waals surface area contributed by atoms with Crippen LogP contribution < -0.4 is 11.1 Å². The quantitative estimate of drug-likeness (QED) is 0.844. The summed E-state index contributed by atoms with van der Waals surface area (Å²) in [4.78, 5) is 11.8. The van der Waals surface area contributed by atoms with Gasteiger partial charge in [-0.05, 0) is 24.5 Å². The van der Waals surface area contributed by atoms with Crippen LogP contribution in [-0.4, -0.2) is 18.1 Å². The average Bonchev–Trinajstić information content (AvgIpc) is 2.37. The Morgan fingerprint density at radius 3 is 2.60 bits per heavy atom. The van der Waals surface area contributed by atoms with E-state index in [0.717, 1.165) is 6.42 Å². The van der Waals surface area contributed by atoms with Gasteiger partial charge in [0.05, 0.1) is 6.04 Å². The standard InChI is InChI=1S/C14H19F3N2O/c1-2-5-11(18)13(20)19-12-7-4-3-6-10(12)8-9-14(15,16)17/h3-4,6-7,11H,2,5,8-9,18H2,1H3,(H,19,20). The third-order valence-corrected chi connectivity index (χ3v) is 2.89. The number of anilines is 1. The van der Waals surface area contributed by atoms with Crippen LogP contribution in [0.25, 0.3) is 0 Å². The van der Waals surface area contributed by atoms with Gasteiger partial charge in [-0.1, -0.05) is 31.5 Å². The van der Waals surface area contributed by atoms with Crippen molar-refractivity contribution >= 4 is 11.6 Å². The van der Waals surface area contributed by atoms with Gasteiger partial charge in [-0.25, -0.2) is 0 Å². The fourth-order valence-corrected chi connectivity index (χ4v) is 1.80. The summed E-state index contributed by atoms with van der Waals surface area (Å²) in [7, 11) is 0. The van der Waals surface area contributed by atoms with Crippen LogP contribution in [0.3, 0.4) is 0 Å². The molecule has 1 atom stereocenters. The number of para-hydroxylation sites is 1. The first-order chi connectivity index (χ1) is 9.33. The van der Waals surface area contributed by atoms with Gasteiger partial charge in [0, 0.05) is 12.1 Å². The molecule has 1 rings (SSSR count). The molecule has 1 aromatic rings. The number of carbonyl (C=O) groups excluding carboxylic acids is 1. The molecule has 20 heavy (non-hydrogen) atoms. The number of rotatable bonds is 6. The van der Waals surface area contributed by atoms with Crippen LogP contribution in [0.2, 0.25) is 0 Å². The summed E-state index contributed by atoms with van der Waals surface area (Å²) in [6, 6.07) is 5.83. The Kier molecular flexibility index (Phi) is 6.01. The second-order valence-electron chi connectivity index (χ2n) is 4.66. The number of nitrogens with one attached hydrogen (secondary N) is 1. The van der Waals surface area contributed by atoms with Crippen molar-refractivity contribution in [2.45, 2.75) is 44.8 Å². The highest BCUT2D eigenvalue weighted by Crippen LogP contribution is 2.25. The predicted octanol–water partition coefficient (Wildman–Crippen LogP) is 3.25. The number of hydrogen-bond acceptors (Lipinski definition) is 2. The predicted molar refractivity (Wildman–Crippen MR) is 72.3 cm³/mol. The third-order valence-electron chi connectivity index (χ3n) is 2.89. The van der Waals surface area contributed by atoms with Crippen molar-refractivity contribution < 1.29 is 18.0 Å². The van der Waals surface area contributed by atoms with Gasteiger partial charge in [0.15, 0.2) is 0 Å². The van der Waals surface area contributed by atoms with E-state index in [2.05, 4.69) is 5.32 Å². The number of nitrogens with two attached hydrogens (primary N) is 1. The lowest BCUT2D eigenvalue weighted by atomic mass is 10.1.